The molecular weight excluding hydrogens is 953 g/mol. The minimum Gasteiger partial charge on any atom is -0.456 e. The van der Waals surface area contributed by atoms with Crippen LogP contribution in [0.4, 0.5) is 0 Å². The number of para-hydroxylation sites is 1. The van der Waals surface area contributed by atoms with E-state index >= 15 is 0 Å². The van der Waals surface area contributed by atoms with E-state index < -0.39 is 0 Å². The molecule has 1 nitrogen and oxygen atoms in total. The van der Waals surface area contributed by atoms with Crippen LogP contribution in [0, 0.1) is 0 Å². The van der Waals surface area contributed by atoms with E-state index in [1.165, 1.54) is 138 Å². The predicted molar refractivity (Wildman–Crippen MR) is 332 cm³/mol. The summed E-state index contributed by atoms with van der Waals surface area (Å²) in [5.74, 6) is -0.0214. The van der Waals surface area contributed by atoms with Gasteiger partial charge in [-0.2, -0.15) is 0 Å². The third-order valence-electron chi connectivity index (χ3n) is 19.0. The molecule has 13 aromatic rings. The average molecular weight is 1010 g/mol. The van der Waals surface area contributed by atoms with Gasteiger partial charge in [0.15, 0.2) is 0 Å². The van der Waals surface area contributed by atoms with Gasteiger partial charge in [0.1, 0.15) is 11.2 Å². The monoisotopic (exact) mass is 1010 g/mol. The van der Waals surface area contributed by atoms with Crippen molar-refractivity contribution in [1.29, 1.82) is 0 Å². The first-order valence-corrected chi connectivity index (χ1v) is 28.1. The van der Waals surface area contributed by atoms with Crippen LogP contribution in [0.3, 0.4) is 0 Å². The van der Waals surface area contributed by atoms with Crippen LogP contribution in [0.1, 0.15) is 97.5 Å². The first-order valence-electron chi connectivity index (χ1n) is 28.1. The van der Waals surface area contributed by atoms with E-state index in [9.17, 15) is 0 Å². The van der Waals surface area contributed by atoms with Crippen molar-refractivity contribution in [3.05, 3.63) is 287 Å². The zero-order valence-corrected chi connectivity index (χ0v) is 45.5. The van der Waals surface area contributed by atoms with E-state index in [0.717, 1.165) is 21.9 Å². The predicted octanol–water partition coefficient (Wildman–Crippen LogP) is 21.0. The quantitative estimate of drug-likeness (QED) is 0.151. The highest BCUT2D eigenvalue weighted by Gasteiger charge is 2.40. The highest BCUT2D eigenvalue weighted by atomic mass is 16.3. The van der Waals surface area contributed by atoms with Crippen molar-refractivity contribution in [2.45, 2.75) is 63.7 Å². The molecule has 0 atom stereocenters. The normalized spacial score (nSPS) is 14.9. The van der Waals surface area contributed by atoms with Gasteiger partial charge in [0.2, 0.25) is 0 Å². The molecule has 0 fully saturated rings. The minimum absolute atomic E-state index is 0.0214. The fourth-order valence-corrected chi connectivity index (χ4v) is 14.6. The molecular formula is C78H58O. The van der Waals surface area contributed by atoms with Crippen molar-refractivity contribution in [1.82, 2.24) is 0 Å². The van der Waals surface area contributed by atoms with Crippen LogP contribution in [-0.2, 0) is 16.2 Å². The molecule has 12 aromatic carbocycles. The maximum Gasteiger partial charge on any atom is 0.136 e. The largest absolute Gasteiger partial charge is 0.456 e. The zero-order valence-electron chi connectivity index (χ0n) is 45.5. The van der Waals surface area contributed by atoms with E-state index in [-0.39, 0.29) is 22.2 Å². The molecule has 0 unspecified atom stereocenters. The molecule has 3 aliphatic rings. The summed E-state index contributed by atoms with van der Waals surface area (Å²) < 4.78 is 6.38. The third-order valence-corrected chi connectivity index (χ3v) is 19.0. The molecule has 0 aliphatic heterocycles. The van der Waals surface area contributed by atoms with Crippen LogP contribution < -0.4 is 0 Å². The standard InChI is InChI=1S/C78H58O/c1-76(2)67-39-52(50-21-19-46-13-7-9-15-48(46)37-50)23-30-59(67)62-33-27-56(42-70(62)76)75(57-28-34-63-60-31-24-53(40-68(60)77(3,4)71(63)43-57)51-22-20-47-14-8-10-16-49(47)38-51)58-29-35-64-61-32-25-54(41-69(61)78(5,6)72(64)44-58)55-26-36-66-65-17-11-12-18-73(65)79-74(66)45-55/h7-45,75H,1-6H3. The van der Waals surface area contributed by atoms with Crippen LogP contribution in [-0.4, -0.2) is 0 Å². The molecule has 3 aliphatic carbocycles. The summed E-state index contributed by atoms with van der Waals surface area (Å²) in [6.07, 6.45) is 0. The zero-order chi connectivity index (χ0) is 53.1. The van der Waals surface area contributed by atoms with Crippen LogP contribution in [0.2, 0.25) is 0 Å². The average Bonchev–Trinajstić information content (AvgIpc) is 4.35. The molecule has 79 heavy (non-hydrogen) atoms. The van der Waals surface area contributed by atoms with Gasteiger partial charge in [0.25, 0.3) is 0 Å². The molecule has 0 spiro atoms. The van der Waals surface area contributed by atoms with E-state index in [2.05, 4.69) is 272 Å². The van der Waals surface area contributed by atoms with E-state index in [1.807, 2.05) is 6.07 Å². The first kappa shape index (κ1) is 46.1. The molecule has 0 N–H and O–H groups in total. The highest BCUT2D eigenvalue weighted by Crippen LogP contribution is 2.56. The summed E-state index contributed by atoms with van der Waals surface area (Å²) >= 11 is 0. The van der Waals surface area contributed by atoms with E-state index in [0.29, 0.717) is 0 Å². The highest BCUT2D eigenvalue weighted by molar-refractivity contribution is 6.06. The Hall–Kier alpha value is -9.04. The molecule has 376 valence electrons. The lowest BCUT2D eigenvalue weighted by atomic mass is 9.75. The van der Waals surface area contributed by atoms with Gasteiger partial charge in [-0.15, -0.1) is 0 Å². The summed E-state index contributed by atoms with van der Waals surface area (Å²) in [6, 6.07) is 89.8. The maximum atomic E-state index is 6.38. The van der Waals surface area contributed by atoms with Gasteiger partial charge in [-0.05, 0) is 187 Å². The second-order valence-corrected chi connectivity index (χ2v) is 24.4. The van der Waals surface area contributed by atoms with Crippen molar-refractivity contribution in [2.24, 2.45) is 0 Å². The van der Waals surface area contributed by atoms with Gasteiger partial charge in [-0.3, -0.25) is 0 Å². The van der Waals surface area contributed by atoms with Gasteiger partial charge in [-0.25, -0.2) is 0 Å². The van der Waals surface area contributed by atoms with E-state index in [4.69, 9.17) is 4.42 Å². The summed E-state index contributed by atoms with van der Waals surface area (Å²) in [5, 5.41) is 7.38. The van der Waals surface area contributed by atoms with Gasteiger partial charge in [0, 0.05) is 32.9 Å². The van der Waals surface area contributed by atoms with Gasteiger partial charge in [0.05, 0.1) is 0 Å². The molecule has 0 saturated heterocycles. The van der Waals surface area contributed by atoms with Crippen molar-refractivity contribution in [2.75, 3.05) is 0 Å². The Kier molecular flexibility index (Phi) is 9.62. The van der Waals surface area contributed by atoms with Gasteiger partial charge in [-0.1, -0.05) is 230 Å². The topological polar surface area (TPSA) is 13.1 Å². The lowest BCUT2D eigenvalue weighted by Crippen LogP contribution is -2.18. The Morgan fingerprint density at radius 2 is 0.570 bits per heavy atom. The Balaban J connectivity index is 0.809. The van der Waals surface area contributed by atoms with Crippen LogP contribution in [0.15, 0.2) is 241 Å². The van der Waals surface area contributed by atoms with Crippen LogP contribution in [0.25, 0.3) is 110 Å². The van der Waals surface area contributed by atoms with Crippen LogP contribution in [0.5, 0.6) is 0 Å². The number of fused-ring (bicyclic) bond motifs is 14. The number of hydrogen-bond acceptors (Lipinski definition) is 1. The Bertz CT molecular complexity index is 4570. The molecule has 0 radical (unpaired) electrons. The Labute approximate surface area is 462 Å². The van der Waals surface area contributed by atoms with Crippen molar-refractivity contribution < 1.29 is 4.42 Å². The molecule has 1 heterocycles. The van der Waals surface area contributed by atoms with Crippen molar-refractivity contribution in [3.8, 4) is 66.8 Å². The second kappa shape index (κ2) is 16.5. The third kappa shape index (κ3) is 6.82. The fourth-order valence-electron chi connectivity index (χ4n) is 14.6. The number of furan rings is 1. The number of rotatable bonds is 6. The SMILES string of the molecule is CC1(C)c2cc(-c3ccc4ccccc4c3)ccc2-c2ccc(C(c3ccc4c(c3)C(C)(C)c3cc(-c5ccc6ccccc6c5)ccc3-4)c3ccc4c(c3)C(C)(C)c3cc(-c5ccc6c(c5)oc5ccccc56)ccc3-4)cc21. The number of hydrogen-bond donors (Lipinski definition) is 0. The van der Waals surface area contributed by atoms with Crippen LogP contribution >= 0.6 is 0 Å². The molecule has 0 amide bonds. The van der Waals surface area contributed by atoms with Crippen molar-refractivity contribution in [3.63, 3.8) is 0 Å². The summed E-state index contributed by atoms with van der Waals surface area (Å²) in [7, 11) is 0. The van der Waals surface area contributed by atoms with Gasteiger partial charge >= 0.3 is 0 Å². The lowest BCUT2D eigenvalue weighted by molar-refractivity contribution is 0.656. The van der Waals surface area contributed by atoms with Gasteiger partial charge < -0.3 is 4.42 Å². The summed E-state index contributed by atoms with van der Waals surface area (Å²) in [4.78, 5) is 0. The Morgan fingerprint density at radius 1 is 0.253 bits per heavy atom. The molecule has 0 saturated carbocycles. The lowest BCUT2D eigenvalue weighted by Gasteiger charge is -2.28. The molecule has 16 rings (SSSR count). The summed E-state index contributed by atoms with van der Waals surface area (Å²) in [5.41, 5.74) is 28.8. The molecule has 0 bridgehead atoms. The van der Waals surface area contributed by atoms with E-state index in [1.54, 1.807) is 0 Å². The first-order chi connectivity index (χ1) is 38.4. The summed E-state index contributed by atoms with van der Waals surface area (Å²) in [6.45, 7) is 14.6. The Morgan fingerprint density at radius 3 is 1.01 bits per heavy atom. The van der Waals surface area contributed by atoms with Crippen molar-refractivity contribution >= 4 is 43.5 Å². The molecule has 1 heteroatoms. The maximum absolute atomic E-state index is 6.38. The fraction of sp³-hybridized carbons (Fsp3) is 0.128. The second-order valence-electron chi connectivity index (χ2n) is 24.4. The molecule has 1 aromatic heterocycles. The smallest absolute Gasteiger partial charge is 0.136 e. The minimum atomic E-state index is -0.237. The number of benzene rings is 12.